The average molecular weight is 435 g/mol. The molecule has 0 aromatic heterocycles. The highest BCUT2D eigenvalue weighted by molar-refractivity contribution is 6.08. The van der Waals surface area contributed by atoms with Crippen molar-refractivity contribution in [1.82, 2.24) is 5.32 Å². The summed E-state index contributed by atoms with van der Waals surface area (Å²) in [5.41, 5.74) is 0.704. The number of nitrogens with one attached hydrogen (secondary N) is 1. The number of esters is 1. The van der Waals surface area contributed by atoms with Gasteiger partial charge in [-0.05, 0) is 73.5 Å². The largest absolute Gasteiger partial charge is 0.508 e. The fraction of sp³-hybridized carbons (Fsp3) is 0.240. The zero-order chi connectivity index (χ0) is 23.5. The molecule has 0 radical (unpaired) electrons. The molecular weight excluding hydrogens is 410 g/mol. The number of carboxylic acid groups (broad SMARTS) is 1. The maximum Gasteiger partial charge on any atom is 0.338 e. The van der Waals surface area contributed by atoms with E-state index < -0.39 is 29.5 Å². The van der Waals surface area contributed by atoms with Gasteiger partial charge in [-0.1, -0.05) is 24.3 Å². The van der Waals surface area contributed by atoms with E-state index in [1.807, 2.05) is 0 Å². The normalized spacial score (nSPS) is 12.2. The highest BCUT2D eigenvalue weighted by Gasteiger charge is 2.23. The van der Waals surface area contributed by atoms with Gasteiger partial charge in [0.1, 0.15) is 17.4 Å². The molecule has 0 saturated carbocycles. The number of hydrogen-bond acceptors (Lipinski definition) is 5. The van der Waals surface area contributed by atoms with Gasteiger partial charge in [0.05, 0.1) is 5.56 Å². The topological polar surface area (TPSA) is 113 Å². The maximum absolute atomic E-state index is 12.8. The van der Waals surface area contributed by atoms with Gasteiger partial charge >= 0.3 is 11.9 Å². The number of aliphatic carboxylic acids is 1. The minimum atomic E-state index is -1.17. The van der Waals surface area contributed by atoms with Crippen LogP contribution in [0.3, 0.4) is 0 Å². The van der Waals surface area contributed by atoms with E-state index in [0.717, 1.165) is 0 Å². The lowest BCUT2D eigenvalue weighted by molar-refractivity contribution is -0.139. The third-order valence-electron chi connectivity index (χ3n) is 4.74. The summed E-state index contributed by atoms with van der Waals surface area (Å²) in [5.74, 6) is -2.09. The molecule has 166 valence electrons. The Morgan fingerprint density at radius 1 is 1.00 bits per heavy atom. The minimum absolute atomic E-state index is 0.0429. The molecule has 0 fully saturated rings. The number of fused-ring (bicyclic) bond motifs is 1. The van der Waals surface area contributed by atoms with E-state index in [4.69, 9.17) is 4.74 Å². The van der Waals surface area contributed by atoms with Crippen molar-refractivity contribution in [3.05, 3.63) is 77.4 Å². The van der Waals surface area contributed by atoms with Crippen LogP contribution in [0.15, 0.2) is 60.7 Å². The fourth-order valence-electron chi connectivity index (χ4n) is 3.25. The van der Waals surface area contributed by atoms with Crippen molar-refractivity contribution < 1.29 is 29.3 Å². The Morgan fingerprint density at radius 3 is 2.31 bits per heavy atom. The van der Waals surface area contributed by atoms with Gasteiger partial charge in [0, 0.05) is 12.0 Å². The van der Waals surface area contributed by atoms with Crippen LogP contribution in [0.5, 0.6) is 5.75 Å². The zero-order valence-corrected chi connectivity index (χ0v) is 18.1. The highest BCUT2D eigenvalue weighted by atomic mass is 16.6. The third kappa shape index (κ3) is 5.63. The van der Waals surface area contributed by atoms with Crippen LogP contribution in [-0.4, -0.2) is 39.7 Å². The first-order valence-corrected chi connectivity index (χ1v) is 10.1. The molecule has 3 rings (SSSR count). The van der Waals surface area contributed by atoms with Crippen LogP contribution in [0, 0.1) is 0 Å². The second kappa shape index (κ2) is 9.09. The molecule has 3 N–H and O–H groups in total. The van der Waals surface area contributed by atoms with E-state index in [9.17, 15) is 24.6 Å². The van der Waals surface area contributed by atoms with Gasteiger partial charge < -0.3 is 20.3 Å². The SMILES string of the molecule is CC(C)(C)OC(=O)c1ccc(C[C@H](NC(=O)c2cccc3cc(O)ccc23)C(=O)O)cc1. The summed E-state index contributed by atoms with van der Waals surface area (Å²) in [6.07, 6.45) is 0.0429. The smallest absolute Gasteiger partial charge is 0.338 e. The van der Waals surface area contributed by atoms with Gasteiger partial charge in [0.2, 0.25) is 0 Å². The van der Waals surface area contributed by atoms with E-state index in [-0.39, 0.29) is 12.2 Å². The van der Waals surface area contributed by atoms with Crippen LogP contribution in [0.1, 0.15) is 47.1 Å². The first kappa shape index (κ1) is 22.8. The van der Waals surface area contributed by atoms with Gasteiger partial charge in [-0.3, -0.25) is 4.79 Å². The summed E-state index contributed by atoms with van der Waals surface area (Å²) in [7, 11) is 0. The first-order chi connectivity index (χ1) is 15.0. The fourth-order valence-corrected chi connectivity index (χ4v) is 3.25. The molecule has 3 aromatic rings. The van der Waals surface area contributed by atoms with Crippen molar-refractivity contribution in [3.63, 3.8) is 0 Å². The molecule has 0 unspecified atom stereocenters. The standard InChI is InChI=1S/C25H25NO6/c1-25(2,3)32-24(31)16-9-7-15(8-10-16)13-21(23(29)30)26-22(28)20-6-4-5-17-14-18(27)11-12-19(17)20/h4-12,14,21,27H,13H2,1-3H3,(H,26,28)(H,29,30)/t21-/m0/s1. The monoisotopic (exact) mass is 435 g/mol. The highest BCUT2D eigenvalue weighted by Crippen LogP contribution is 2.23. The van der Waals surface area contributed by atoms with E-state index in [1.54, 1.807) is 69.3 Å². The van der Waals surface area contributed by atoms with Crippen molar-refractivity contribution in [1.29, 1.82) is 0 Å². The molecule has 7 heteroatoms. The maximum atomic E-state index is 12.8. The second-order valence-electron chi connectivity index (χ2n) is 8.48. The molecule has 3 aromatic carbocycles. The number of rotatable bonds is 6. The Morgan fingerprint density at radius 2 is 1.69 bits per heavy atom. The van der Waals surface area contributed by atoms with Crippen molar-refractivity contribution in [2.45, 2.75) is 38.8 Å². The Hall–Kier alpha value is -3.87. The Labute approximate surface area is 185 Å². The summed E-state index contributed by atoms with van der Waals surface area (Å²) in [6, 6.07) is 14.9. The predicted octanol–water partition coefficient (Wildman–Crippen LogP) is 3.93. The zero-order valence-electron chi connectivity index (χ0n) is 18.1. The van der Waals surface area contributed by atoms with Crippen LogP contribution in [-0.2, 0) is 16.0 Å². The molecular formula is C25H25NO6. The number of carbonyl (C=O) groups excluding carboxylic acids is 2. The minimum Gasteiger partial charge on any atom is -0.508 e. The molecule has 0 aliphatic heterocycles. The molecule has 0 aliphatic rings. The summed E-state index contributed by atoms with van der Waals surface area (Å²) in [4.78, 5) is 36.8. The van der Waals surface area contributed by atoms with Crippen molar-refractivity contribution in [2.24, 2.45) is 0 Å². The van der Waals surface area contributed by atoms with Gasteiger partial charge in [-0.2, -0.15) is 0 Å². The molecule has 0 bridgehead atoms. The molecule has 1 amide bonds. The Bertz CT molecular complexity index is 1160. The number of phenolic OH excluding ortho intramolecular Hbond substituents is 1. The number of carbonyl (C=O) groups is 3. The van der Waals surface area contributed by atoms with E-state index in [0.29, 0.717) is 27.5 Å². The average Bonchev–Trinajstić information content (AvgIpc) is 2.71. The van der Waals surface area contributed by atoms with Gasteiger partial charge in [0.15, 0.2) is 0 Å². The predicted molar refractivity (Wildman–Crippen MR) is 120 cm³/mol. The molecule has 0 saturated heterocycles. The van der Waals surface area contributed by atoms with Crippen molar-refractivity contribution >= 4 is 28.6 Å². The van der Waals surface area contributed by atoms with Crippen LogP contribution < -0.4 is 5.32 Å². The number of carboxylic acids is 1. The van der Waals surface area contributed by atoms with Gasteiger partial charge in [-0.15, -0.1) is 0 Å². The quantitative estimate of drug-likeness (QED) is 0.506. The van der Waals surface area contributed by atoms with Crippen LogP contribution in [0.2, 0.25) is 0 Å². The number of hydrogen-bond donors (Lipinski definition) is 3. The summed E-state index contributed by atoms with van der Waals surface area (Å²) >= 11 is 0. The van der Waals surface area contributed by atoms with Crippen LogP contribution in [0.25, 0.3) is 10.8 Å². The molecule has 0 heterocycles. The van der Waals surface area contributed by atoms with E-state index in [2.05, 4.69) is 5.32 Å². The summed E-state index contributed by atoms with van der Waals surface area (Å²) < 4.78 is 5.32. The number of ether oxygens (including phenoxy) is 1. The van der Waals surface area contributed by atoms with Gasteiger partial charge in [-0.25, -0.2) is 9.59 Å². The molecule has 0 aliphatic carbocycles. The lowest BCUT2D eigenvalue weighted by Crippen LogP contribution is -2.42. The lowest BCUT2D eigenvalue weighted by atomic mass is 10.0. The Kier molecular flexibility index (Phi) is 6.48. The second-order valence-corrected chi connectivity index (χ2v) is 8.48. The van der Waals surface area contributed by atoms with Crippen molar-refractivity contribution in [2.75, 3.05) is 0 Å². The number of benzene rings is 3. The lowest BCUT2D eigenvalue weighted by Gasteiger charge is -2.19. The molecule has 7 nitrogen and oxygen atoms in total. The third-order valence-corrected chi connectivity index (χ3v) is 4.74. The van der Waals surface area contributed by atoms with E-state index in [1.165, 1.54) is 12.1 Å². The molecule has 1 atom stereocenters. The van der Waals surface area contributed by atoms with Crippen LogP contribution >= 0.6 is 0 Å². The molecule has 32 heavy (non-hydrogen) atoms. The van der Waals surface area contributed by atoms with E-state index >= 15 is 0 Å². The van der Waals surface area contributed by atoms with Crippen molar-refractivity contribution in [3.8, 4) is 5.75 Å². The number of phenols is 1. The summed E-state index contributed by atoms with van der Waals surface area (Å²) in [5, 5.41) is 23.1. The number of aromatic hydroxyl groups is 1. The van der Waals surface area contributed by atoms with Gasteiger partial charge in [0.25, 0.3) is 5.91 Å². The Balaban J connectivity index is 1.75. The summed E-state index contributed by atoms with van der Waals surface area (Å²) in [6.45, 7) is 5.33. The van der Waals surface area contributed by atoms with Crippen LogP contribution in [0.4, 0.5) is 0 Å². The first-order valence-electron chi connectivity index (χ1n) is 10.1. The molecule has 0 spiro atoms. The number of amides is 1.